The lowest BCUT2D eigenvalue weighted by atomic mass is 10.1. The molecule has 1 N–H and O–H groups in total. The van der Waals surface area contributed by atoms with Crippen molar-refractivity contribution in [3.05, 3.63) is 30.8 Å². The predicted octanol–water partition coefficient (Wildman–Crippen LogP) is 3.37. The van der Waals surface area contributed by atoms with Crippen molar-refractivity contribution in [1.82, 2.24) is 0 Å². The van der Waals surface area contributed by atoms with Crippen LogP contribution in [0.3, 0.4) is 0 Å². The highest BCUT2D eigenvalue weighted by atomic mass is 127. The van der Waals surface area contributed by atoms with Crippen LogP contribution in [-0.4, -0.2) is 11.1 Å². The van der Waals surface area contributed by atoms with Gasteiger partial charge in [-0.2, -0.15) is 0 Å². The van der Waals surface area contributed by atoms with Crippen molar-refractivity contribution in [2.45, 2.75) is 13.8 Å². The van der Waals surface area contributed by atoms with E-state index in [1.54, 1.807) is 6.92 Å². The largest absolute Gasteiger partial charge is 0.478 e. The highest BCUT2D eigenvalue weighted by molar-refractivity contribution is 14.1. The van der Waals surface area contributed by atoms with Crippen LogP contribution in [0, 0.1) is 17.4 Å². The molecule has 1 aromatic carbocycles. The summed E-state index contributed by atoms with van der Waals surface area (Å²) in [5.41, 5.74) is 2.17. The molecule has 0 radical (unpaired) electrons. The topological polar surface area (TPSA) is 37.3 Å². The summed E-state index contributed by atoms with van der Waals surface area (Å²) in [6.07, 6.45) is 0. The molecule has 2 nitrogen and oxygen atoms in total. The summed E-state index contributed by atoms with van der Waals surface area (Å²) in [4.78, 5) is 10.9. The van der Waals surface area contributed by atoms with Gasteiger partial charge in [-0.05, 0) is 53.6 Å². The molecule has 0 spiro atoms. The summed E-state index contributed by atoms with van der Waals surface area (Å²) in [5, 5.41) is 8.94. The van der Waals surface area contributed by atoms with Gasteiger partial charge in [-0.3, -0.25) is 0 Å². The first-order chi connectivity index (χ1) is 5.95. The van der Waals surface area contributed by atoms with Gasteiger partial charge in [0.25, 0.3) is 0 Å². The fraction of sp³-hybridized carbons (Fsp3) is 0.222. The second kappa shape index (κ2) is 3.96. The Morgan fingerprint density at radius 1 is 1.54 bits per heavy atom. The van der Waals surface area contributed by atoms with E-state index in [-0.39, 0.29) is 0 Å². The minimum Gasteiger partial charge on any atom is -0.478 e. The third-order valence-corrected chi connectivity index (χ3v) is 4.03. The van der Waals surface area contributed by atoms with Crippen molar-refractivity contribution in [2.24, 2.45) is 0 Å². The maximum absolute atomic E-state index is 10.9. The van der Waals surface area contributed by atoms with Gasteiger partial charge in [0.2, 0.25) is 0 Å². The fourth-order valence-corrected chi connectivity index (χ4v) is 2.96. The van der Waals surface area contributed by atoms with Crippen molar-refractivity contribution < 1.29 is 9.90 Å². The Kier molecular flexibility index (Phi) is 3.34. The standard InChI is InChI=1S/C9H8BrIO2/c1-4-3-6(10)5(2)8(11)7(4)9(12)13/h3H,1-2H3,(H,12,13). The van der Waals surface area contributed by atoms with Crippen LogP contribution in [-0.2, 0) is 0 Å². The molecule has 0 aliphatic carbocycles. The van der Waals surface area contributed by atoms with Gasteiger partial charge < -0.3 is 5.11 Å². The van der Waals surface area contributed by atoms with Crippen molar-refractivity contribution in [3.63, 3.8) is 0 Å². The quantitative estimate of drug-likeness (QED) is 0.785. The molecule has 0 aliphatic heterocycles. The highest BCUT2D eigenvalue weighted by Gasteiger charge is 2.15. The minimum atomic E-state index is -0.863. The summed E-state index contributed by atoms with van der Waals surface area (Å²) < 4.78 is 1.76. The van der Waals surface area contributed by atoms with E-state index in [1.165, 1.54) is 0 Å². The number of aromatic carboxylic acids is 1. The summed E-state index contributed by atoms with van der Waals surface area (Å²) in [7, 11) is 0. The van der Waals surface area contributed by atoms with Gasteiger partial charge in [-0.15, -0.1) is 0 Å². The zero-order valence-electron chi connectivity index (χ0n) is 7.19. The number of hydrogen-bond acceptors (Lipinski definition) is 1. The van der Waals surface area contributed by atoms with Crippen LogP contribution in [0.5, 0.6) is 0 Å². The van der Waals surface area contributed by atoms with Gasteiger partial charge in [-0.1, -0.05) is 15.9 Å². The molecule has 0 atom stereocenters. The lowest BCUT2D eigenvalue weighted by Crippen LogP contribution is -2.04. The zero-order valence-corrected chi connectivity index (χ0v) is 10.9. The molecule has 70 valence electrons. The summed E-state index contributed by atoms with van der Waals surface area (Å²) >= 11 is 5.44. The summed E-state index contributed by atoms with van der Waals surface area (Å²) in [6.45, 7) is 3.70. The zero-order chi connectivity index (χ0) is 10.2. The first-order valence-electron chi connectivity index (χ1n) is 3.63. The molecule has 0 aromatic heterocycles. The first-order valence-corrected chi connectivity index (χ1v) is 5.50. The van der Waals surface area contributed by atoms with E-state index < -0.39 is 5.97 Å². The third kappa shape index (κ3) is 2.04. The molecule has 4 heteroatoms. The smallest absolute Gasteiger partial charge is 0.337 e. The van der Waals surface area contributed by atoms with Crippen LogP contribution in [0.15, 0.2) is 10.5 Å². The highest BCUT2D eigenvalue weighted by Crippen LogP contribution is 2.27. The maximum atomic E-state index is 10.9. The Hall–Kier alpha value is -0.100. The Morgan fingerprint density at radius 3 is 2.54 bits per heavy atom. The molecule has 1 rings (SSSR count). The molecule has 0 saturated heterocycles. The van der Waals surface area contributed by atoms with Crippen LogP contribution in [0.2, 0.25) is 0 Å². The van der Waals surface area contributed by atoms with Crippen LogP contribution in [0.4, 0.5) is 0 Å². The van der Waals surface area contributed by atoms with Crippen LogP contribution >= 0.6 is 38.5 Å². The van der Waals surface area contributed by atoms with Crippen molar-refractivity contribution in [3.8, 4) is 0 Å². The Labute approximate surface area is 98.6 Å². The third-order valence-electron chi connectivity index (χ3n) is 1.86. The van der Waals surface area contributed by atoms with Crippen molar-refractivity contribution in [2.75, 3.05) is 0 Å². The molecule has 0 heterocycles. The van der Waals surface area contributed by atoms with E-state index in [0.29, 0.717) is 5.56 Å². The number of aryl methyl sites for hydroxylation is 1. The summed E-state index contributed by atoms with van der Waals surface area (Å²) in [5.74, 6) is -0.863. The number of carboxylic acid groups (broad SMARTS) is 1. The molecule has 0 unspecified atom stereocenters. The Balaban J connectivity index is 3.53. The minimum absolute atomic E-state index is 0.404. The van der Waals surface area contributed by atoms with Gasteiger partial charge in [0.1, 0.15) is 0 Å². The molecule has 1 aromatic rings. The monoisotopic (exact) mass is 354 g/mol. The molecule has 0 fully saturated rings. The van der Waals surface area contributed by atoms with Gasteiger partial charge in [0, 0.05) is 8.04 Å². The number of carbonyl (C=O) groups is 1. The van der Waals surface area contributed by atoms with Crippen molar-refractivity contribution in [1.29, 1.82) is 0 Å². The SMILES string of the molecule is Cc1cc(Br)c(C)c(I)c1C(=O)O. The second-order valence-electron chi connectivity index (χ2n) is 2.79. The van der Waals surface area contributed by atoms with Crippen LogP contribution in [0.25, 0.3) is 0 Å². The van der Waals surface area contributed by atoms with E-state index >= 15 is 0 Å². The molecular weight excluding hydrogens is 347 g/mol. The lowest BCUT2D eigenvalue weighted by Gasteiger charge is -2.08. The first kappa shape index (κ1) is 11.0. The molecule has 0 saturated carbocycles. The number of halogens is 2. The predicted molar refractivity (Wildman–Crippen MR) is 63.3 cm³/mol. The van der Waals surface area contributed by atoms with Crippen LogP contribution in [0.1, 0.15) is 21.5 Å². The van der Waals surface area contributed by atoms with E-state index in [9.17, 15) is 4.79 Å². The normalized spacial score (nSPS) is 10.2. The molecule has 13 heavy (non-hydrogen) atoms. The van der Waals surface area contributed by atoms with Gasteiger partial charge in [0.15, 0.2) is 0 Å². The Bertz CT molecular complexity index is 374. The molecule has 0 bridgehead atoms. The van der Waals surface area contributed by atoms with Gasteiger partial charge in [0.05, 0.1) is 5.56 Å². The van der Waals surface area contributed by atoms with Gasteiger partial charge >= 0.3 is 5.97 Å². The number of hydrogen-bond donors (Lipinski definition) is 1. The van der Waals surface area contributed by atoms with E-state index in [0.717, 1.165) is 19.2 Å². The average Bonchev–Trinajstić information content (AvgIpc) is 1.99. The fourth-order valence-electron chi connectivity index (χ4n) is 1.10. The Morgan fingerprint density at radius 2 is 2.08 bits per heavy atom. The molecule has 0 aliphatic rings. The van der Waals surface area contributed by atoms with E-state index in [1.807, 2.05) is 13.0 Å². The maximum Gasteiger partial charge on any atom is 0.337 e. The van der Waals surface area contributed by atoms with E-state index in [4.69, 9.17) is 5.11 Å². The van der Waals surface area contributed by atoms with Gasteiger partial charge in [-0.25, -0.2) is 4.79 Å². The average molecular weight is 355 g/mol. The summed E-state index contributed by atoms with van der Waals surface area (Å²) in [6, 6.07) is 1.83. The number of rotatable bonds is 1. The van der Waals surface area contributed by atoms with Crippen LogP contribution < -0.4 is 0 Å². The number of benzene rings is 1. The molecular formula is C9H8BrIO2. The van der Waals surface area contributed by atoms with E-state index in [2.05, 4.69) is 38.5 Å². The second-order valence-corrected chi connectivity index (χ2v) is 4.73. The lowest BCUT2D eigenvalue weighted by molar-refractivity contribution is 0.0695. The molecule has 0 amide bonds. The van der Waals surface area contributed by atoms with Crippen molar-refractivity contribution >= 4 is 44.5 Å². The number of carboxylic acids is 1.